The SMILES string of the molecule is Cn1ccnc1[C@@](O)(CC(=O)N1CCC(c2ccc(O)cc2)CC1)C(F)(F)F. The molecule has 1 aliphatic heterocycles. The molecule has 9 heteroatoms. The number of rotatable bonds is 4. The molecule has 1 atom stereocenters. The van der Waals surface area contributed by atoms with Gasteiger partial charge in [0.05, 0.1) is 6.42 Å². The smallest absolute Gasteiger partial charge is 0.425 e. The molecule has 2 heterocycles. The fraction of sp³-hybridized carbons (Fsp3) is 0.474. The molecule has 0 saturated carbocycles. The van der Waals surface area contributed by atoms with Crippen molar-refractivity contribution >= 4 is 5.91 Å². The van der Waals surface area contributed by atoms with Crippen LogP contribution in [0.5, 0.6) is 5.75 Å². The van der Waals surface area contributed by atoms with Gasteiger partial charge in [0.15, 0.2) is 5.82 Å². The van der Waals surface area contributed by atoms with Crippen LogP contribution >= 0.6 is 0 Å². The van der Waals surface area contributed by atoms with Crippen molar-refractivity contribution in [3.8, 4) is 5.75 Å². The molecule has 2 aromatic rings. The van der Waals surface area contributed by atoms with E-state index in [9.17, 15) is 28.2 Å². The van der Waals surface area contributed by atoms with E-state index in [0.29, 0.717) is 25.9 Å². The van der Waals surface area contributed by atoms with Crippen molar-refractivity contribution in [2.24, 2.45) is 7.05 Å². The quantitative estimate of drug-likeness (QED) is 0.832. The summed E-state index contributed by atoms with van der Waals surface area (Å²) in [5.41, 5.74) is -2.32. The molecule has 1 fully saturated rings. The summed E-state index contributed by atoms with van der Waals surface area (Å²) < 4.78 is 41.9. The zero-order valence-corrected chi connectivity index (χ0v) is 15.4. The Morgan fingerprint density at radius 2 is 1.82 bits per heavy atom. The van der Waals surface area contributed by atoms with Gasteiger partial charge in [-0.15, -0.1) is 0 Å². The number of phenols is 1. The van der Waals surface area contributed by atoms with E-state index in [1.54, 1.807) is 24.3 Å². The van der Waals surface area contributed by atoms with E-state index in [1.165, 1.54) is 18.1 Å². The molecule has 0 unspecified atom stereocenters. The number of carbonyl (C=O) groups excluding carboxylic acids is 1. The van der Waals surface area contributed by atoms with Crippen molar-refractivity contribution in [3.05, 3.63) is 48.0 Å². The van der Waals surface area contributed by atoms with E-state index in [0.717, 1.165) is 16.3 Å². The number of alkyl halides is 3. The molecule has 1 aromatic heterocycles. The molecule has 1 amide bonds. The summed E-state index contributed by atoms with van der Waals surface area (Å²) >= 11 is 0. The molecule has 0 radical (unpaired) electrons. The predicted octanol–water partition coefficient (Wildman–Crippen LogP) is 2.67. The number of phenolic OH excluding ortho intramolecular Hbond substituents is 1. The molecule has 2 N–H and O–H groups in total. The number of likely N-dealkylation sites (tertiary alicyclic amines) is 1. The summed E-state index contributed by atoms with van der Waals surface area (Å²) in [6, 6.07) is 6.79. The van der Waals surface area contributed by atoms with E-state index in [4.69, 9.17) is 0 Å². The second-order valence-corrected chi connectivity index (χ2v) is 7.14. The Kier molecular flexibility index (Phi) is 5.38. The van der Waals surface area contributed by atoms with Crippen molar-refractivity contribution in [2.75, 3.05) is 13.1 Å². The van der Waals surface area contributed by atoms with Gasteiger partial charge in [0.25, 0.3) is 0 Å². The minimum absolute atomic E-state index is 0.164. The average molecular weight is 397 g/mol. The first-order valence-corrected chi connectivity index (χ1v) is 8.95. The molecule has 0 spiro atoms. The Bertz CT molecular complexity index is 827. The summed E-state index contributed by atoms with van der Waals surface area (Å²) in [4.78, 5) is 17.5. The van der Waals surface area contributed by atoms with E-state index < -0.39 is 29.9 Å². The Hall–Kier alpha value is -2.55. The van der Waals surface area contributed by atoms with Gasteiger partial charge in [0.2, 0.25) is 11.5 Å². The topological polar surface area (TPSA) is 78.6 Å². The van der Waals surface area contributed by atoms with E-state index in [2.05, 4.69) is 4.98 Å². The number of aromatic nitrogens is 2. The largest absolute Gasteiger partial charge is 0.508 e. The number of hydrogen-bond acceptors (Lipinski definition) is 4. The maximum atomic E-state index is 13.6. The third kappa shape index (κ3) is 3.84. The number of nitrogens with zero attached hydrogens (tertiary/aromatic N) is 3. The van der Waals surface area contributed by atoms with Crippen LogP contribution in [0.25, 0.3) is 0 Å². The van der Waals surface area contributed by atoms with Gasteiger partial charge in [-0.3, -0.25) is 4.79 Å². The number of aliphatic hydroxyl groups is 1. The number of benzene rings is 1. The fourth-order valence-corrected chi connectivity index (χ4v) is 3.61. The monoisotopic (exact) mass is 397 g/mol. The third-order valence-corrected chi connectivity index (χ3v) is 5.28. The maximum Gasteiger partial charge on any atom is 0.425 e. The van der Waals surface area contributed by atoms with Crippen LogP contribution < -0.4 is 0 Å². The molecule has 1 aliphatic rings. The van der Waals surface area contributed by atoms with Crippen molar-refractivity contribution in [1.82, 2.24) is 14.5 Å². The number of carbonyl (C=O) groups is 1. The van der Waals surface area contributed by atoms with Gasteiger partial charge in [-0.25, -0.2) is 4.98 Å². The molecule has 28 heavy (non-hydrogen) atoms. The minimum Gasteiger partial charge on any atom is -0.508 e. The lowest BCUT2D eigenvalue weighted by Gasteiger charge is -2.35. The van der Waals surface area contributed by atoms with Crippen LogP contribution in [0.2, 0.25) is 0 Å². The van der Waals surface area contributed by atoms with Crippen LogP contribution in [0.15, 0.2) is 36.7 Å². The summed E-state index contributed by atoms with van der Waals surface area (Å²) in [5.74, 6) is -1.03. The number of hydrogen-bond donors (Lipinski definition) is 2. The standard InChI is InChI=1S/C19H22F3N3O3/c1-24-11-8-23-17(24)18(28,19(20,21)22)12-16(27)25-9-6-14(7-10-25)13-2-4-15(26)5-3-13/h2-5,8,11,14,26,28H,6-7,9-10,12H2,1H3/t18-/m0/s1. The van der Waals surface area contributed by atoms with Crippen LogP contribution in [0.3, 0.4) is 0 Å². The number of imidazole rings is 1. The molecular formula is C19H22F3N3O3. The molecule has 6 nitrogen and oxygen atoms in total. The highest BCUT2D eigenvalue weighted by Crippen LogP contribution is 2.41. The highest BCUT2D eigenvalue weighted by atomic mass is 19.4. The van der Waals surface area contributed by atoms with E-state index in [1.807, 2.05) is 0 Å². The second kappa shape index (κ2) is 7.46. The molecule has 1 saturated heterocycles. The number of aryl methyl sites for hydroxylation is 1. The van der Waals surface area contributed by atoms with Gasteiger partial charge in [-0.05, 0) is 36.5 Å². The van der Waals surface area contributed by atoms with Crippen molar-refractivity contribution in [3.63, 3.8) is 0 Å². The minimum atomic E-state index is -5.04. The third-order valence-electron chi connectivity index (χ3n) is 5.28. The van der Waals surface area contributed by atoms with Gasteiger partial charge in [-0.2, -0.15) is 13.2 Å². The first-order valence-electron chi connectivity index (χ1n) is 8.95. The van der Waals surface area contributed by atoms with Gasteiger partial charge in [0.1, 0.15) is 5.75 Å². The summed E-state index contributed by atoms with van der Waals surface area (Å²) in [5, 5.41) is 19.7. The Morgan fingerprint density at radius 1 is 1.21 bits per heavy atom. The average Bonchev–Trinajstić information content (AvgIpc) is 3.08. The normalized spacial score (nSPS) is 18.1. The number of piperidine rings is 1. The van der Waals surface area contributed by atoms with Crippen LogP contribution in [-0.2, 0) is 17.4 Å². The molecule has 3 rings (SSSR count). The molecule has 152 valence electrons. The van der Waals surface area contributed by atoms with Crippen LogP contribution in [0, 0.1) is 0 Å². The van der Waals surface area contributed by atoms with Crippen LogP contribution in [0.1, 0.15) is 36.6 Å². The Morgan fingerprint density at radius 3 is 2.32 bits per heavy atom. The number of halogens is 3. The summed E-state index contributed by atoms with van der Waals surface area (Å²) in [7, 11) is 1.34. The highest BCUT2D eigenvalue weighted by Gasteiger charge is 2.59. The van der Waals surface area contributed by atoms with Gasteiger partial charge >= 0.3 is 6.18 Å². The Labute approximate surface area is 160 Å². The van der Waals surface area contributed by atoms with Crippen molar-refractivity contribution in [1.29, 1.82) is 0 Å². The highest BCUT2D eigenvalue weighted by molar-refractivity contribution is 5.77. The number of aromatic hydroxyl groups is 1. The zero-order chi connectivity index (χ0) is 20.5. The summed E-state index contributed by atoms with van der Waals surface area (Å²) in [6.45, 7) is 0.609. The lowest BCUT2D eigenvalue weighted by atomic mass is 9.88. The second-order valence-electron chi connectivity index (χ2n) is 7.14. The predicted molar refractivity (Wildman–Crippen MR) is 94.4 cm³/mol. The fourth-order valence-electron chi connectivity index (χ4n) is 3.61. The lowest BCUT2D eigenvalue weighted by molar-refractivity contribution is -0.272. The molecule has 1 aromatic carbocycles. The first kappa shape index (κ1) is 20.2. The van der Waals surface area contributed by atoms with Crippen molar-refractivity contribution in [2.45, 2.75) is 37.0 Å². The van der Waals surface area contributed by atoms with Gasteiger partial charge in [-0.1, -0.05) is 12.1 Å². The Balaban J connectivity index is 1.69. The van der Waals surface area contributed by atoms with Gasteiger partial charge in [0, 0.05) is 32.5 Å². The van der Waals surface area contributed by atoms with Gasteiger partial charge < -0.3 is 19.7 Å². The molecule has 0 bridgehead atoms. The van der Waals surface area contributed by atoms with Crippen LogP contribution in [-0.4, -0.2) is 49.8 Å². The zero-order valence-electron chi connectivity index (χ0n) is 15.4. The lowest BCUT2D eigenvalue weighted by Crippen LogP contribution is -2.49. The van der Waals surface area contributed by atoms with E-state index >= 15 is 0 Å². The molecule has 0 aliphatic carbocycles. The van der Waals surface area contributed by atoms with E-state index in [-0.39, 0.29) is 11.7 Å². The number of amides is 1. The summed E-state index contributed by atoms with van der Waals surface area (Å²) in [6.07, 6.45) is -2.50. The first-order chi connectivity index (χ1) is 13.1. The van der Waals surface area contributed by atoms with Crippen LogP contribution in [0.4, 0.5) is 13.2 Å². The van der Waals surface area contributed by atoms with Crippen molar-refractivity contribution < 1.29 is 28.2 Å². The maximum absolute atomic E-state index is 13.6. The molecular weight excluding hydrogens is 375 g/mol.